The topological polar surface area (TPSA) is 75.4 Å². The molecule has 1 heterocycles. The highest BCUT2D eigenvalue weighted by Crippen LogP contribution is 2.01. The Bertz CT molecular complexity index is 295. The lowest BCUT2D eigenvalue weighted by atomic mass is 10.2. The van der Waals surface area contributed by atoms with Crippen molar-refractivity contribution in [2.24, 2.45) is 5.92 Å². The highest BCUT2D eigenvalue weighted by atomic mass is 16.4. The first-order valence-corrected chi connectivity index (χ1v) is 4.00. The smallest absolute Gasteiger partial charge is 0.338 e. The van der Waals surface area contributed by atoms with Crippen LogP contribution in [-0.2, 0) is 6.54 Å². The number of carbonyl (C=O) groups is 1. The quantitative estimate of drug-likeness (QED) is 0.701. The second-order valence-corrected chi connectivity index (χ2v) is 3.04. The van der Waals surface area contributed by atoms with Crippen LogP contribution < -0.4 is 0 Å². The van der Waals surface area contributed by atoms with Gasteiger partial charge in [0, 0.05) is 19.3 Å². The first-order chi connectivity index (χ1) is 6.13. The SMILES string of the molecule is CC(CO)Cn1cc(C(=O)O)cn1. The second-order valence-electron chi connectivity index (χ2n) is 3.04. The molecule has 0 aliphatic heterocycles. The van der Waals surface area contributed by atoms with E-state index in [-0.39, 0.29) is 18.1 Å². The Kier molecular flexibility index (Phi) is 3.02. The van der Waals surface area contributed by atoms with Crippen LogP contribution in [0.2, 0.25) is 0 Å². The Morgan fingerprint density at radius 3 is 2.92 bits per heavy atom. The predicted octanol–water partition coefficient (Wildman–Crippen LogP) is 0.210. The van der Waals surface area contributed by atoms with Gasteiger partial charge in [0.15, 0.2) is 0 Å². The lowest BCUT2D eigenvalue weighted by Crippen LogP contribution is -2.11. The molecule has 5 nitrogen and oxygen atoms in total. The maximum absolute atomic E-state index is 10.5. The Balaban J connectivity index is 2.64. The van der Waals surface area contributed by atoms with E-state index < -0.39 is 5.97 Å². The van der Waals surface area contributed by atoms with E-state index in [2.05, 4.69) is 5.10 Å². The molecule has 0 bridgehead atoms. The largest absolute Gasteiger partial charge is 0.478 e. The van der Waals surface area contributed by atoms with Gasteiger partial charge in [-0.3, -0.25) is 4.68 Å². The average Bonchev–Trinajstić information content (AvgIpc) is 2.52. The molecule has 2 N–H and O–H groups in total. The third-order valence-corrected chi connectivity index (χ3v) is 1.69. The monoisotopic (exact) mass is 184 g/mol. The highest BCUT2D eigenvalue weighted by molar-refractivity contribution is 5.86. The van der Waals surface area contributed by atoms with Crippen LogP contribution in [0.5, 0.6) is 0 Å². The molecule has 0 spiro atoms. The molecule has 1 rings (SSSR count). The summed E-state index contributed by atoms with van der Waals surface area (Å²) in [6.45, 7) is 2.47. The normalized spacial score (nSPS) is 12.8. The van der Waals surface area contributed by atoms with E-state index in [9.17, 15) is 4.79 Å². The molecule has 1 aromatic heterocycles. The molecule has 0 aliphatic rings. The summed E-state index contributed by atoms with van der Waals surface area (Å²) in [5.74, 6) is -0.899. The summed E-state index contributed by atoms with van der Waals surface area (Å²) in [6.07, 6.45) is 2.75. The molecule has 0 saturated heterocycles. The van der Waals surface area contributed by atoms with Crippen LogP contribution in [-0.4, -0.2) is 32.6 Å². The van der Waals surface area contributed by atoms with Gasteiger partial charge in [0.25, 0.3) is 0 Å². The van der Waals surface area contributed by atoms with Crippen molar-refractivity contribution < 1.29 is 15.0 Å². The molecule has 0 aliphatic carbocycles. The Morgan fingerprint density at radius 2 is 2.46 bits per heavy atom. The number of aliphatic hydroxyl groups is 1. The fourth-order valence-corrected chi connectivity index (χ4v) is 0.951. The van der Waals surface area contributed by atoms with Crippen LogP contribution in [0.1, 0.15) is 17.3 Å². The Hall–Kier alpha value is -1.36. The molecule has 0 aromatic carbocycles. The maximum atomic E-state index is 10.5. The third-order valence-electron chi connectivity index (χ3n) is 1.69. The maximum Gasteiger partial charge on any atom is 0.338 e. The molecule has 1 aromatic rings. The summed E-state index contributed by atoms with van der Waals surface area (Å²) in [6, 6.07) is 0. The van der Waals surface area contributed by atoms with Gasteiger partial charge in [0.05, 0.1) is 11.8 Å². The van der Waals surface area contributed by atoms with Gasteiger partial charge in [0.1, 0.15) is 0 Å². The van der Waals surface area contributed by atoms with E-state index in [1.165, 1.54) is 17.1 Å². The zero-order chi connectivity index (χ0) is 9.84. The minimum absolute atomic E-state index is 0.0717. The van der Waals surface area contributed by atoms with Crippen LogP contribution in [0.25, 0.3) is 0 Å². The van der Waals surface area contributed by atoms with Gasteiger partial charge in [-0.2, -0.15) is 5.10 Å². The van der Waals surface area contributed by atoms with Gasteiger partial charge < -0.3 is 10.2 Å². The fourth-order valence-electron chi connectivity index (χ4n) is 0.951. The molecule has 1 atom stereocenters. The molecular weight excluding hydrogens is 172 g/mol. The zero-order valence-corrected chi connectivity index (χ0v) is 7.34. The number of rotatable bonds is 4. The van der Waals surface area contributed by atoms with Crippen LogP contribution in [0, 0.1) is 5.92 Å². The van der Waals surface area contributed by atoms with E-state index in [0.29, 0.717) is 6.54 Å². The van der Waals surface area contributed by atoms with Gasteiger partial charge in [-0.1, -0.05) is 6.92 Å². The van der Waals surface area contributed by atoms with Crippen molar-refractivity contribution in [1.29, 1.82) is 0 Å². The molecule has 0 saturated carbocycles. The minimum Gasteiger partial charge on any atom is -0.478 e. The van der Waals surface area contributed by atoms with E-state index in [1.807, 2.05) is 6.92 Å². The molecule has 13 heavy (non-hydrogen) atoms. The van der Waals surface area contributed by atoms with Crippen LogP contribution in [0.3, 0.4) is 0 Å². The molecule has 0 fully saturated rings. The third kappa shape index (κ3) is 2.55. The number of aromatic nitrogens is 2. The minimum atomic E-state index is -0.983. The van der Waals surface area contributed by atoms with Crippen molar-refractivity contribution in [3.63, 3.8) is 0 Å². The second kappa shape index (κ2) is 4.04. The summed E-state index contributed by atoms with van der Waals surface area (Å²) in [5.41, 5.74) is 0.171. The van der Waals surface area contributed by atoms with Gasteiger partial charge in [-0.15, -0.1) is 0 Å². The number of hydrogen-bond acceptors (Lipinski definition) is 3. The average molecular weight is 184 g/mol. The summed E-state index contributed by atoms with van der Waals surface area (Å²) in [5, 5.41) is 21.2. The Morgan fingerprint density at radius 1 is 1.77 bits per heavy atom. The van der Waals surface area contributed by atoms with Crippen molar-refractivity contribution in [3.05, 3.63) is 18.0 Å². The zero-order valence-electron chi connectivity index (χ0n) is 7.34. The van der Waals surface area contributed by atoms with Gasteiger partial charge in [-0.05, 0) is 5.92 Å². The van der Waals surface area contributed by atoms with Crippen molar-refractivity contribution in [2.45, 2.75) is 13.5 Å². The van der Waals surface area contributed by atoms with Crippen LogP contribution in [0.4, 0.5) is 0 Å². The number of aliphatic hydroxyl groups excluding tert-OH is 1. The summed E-state index contributed by atoms with van der Waals surface area (Å²) >= 11 is 0. The number of aromatic carboxylic acids is 1. The lowest BCUT2D eigenvalue weighted by molar-refractivity contribution is 0.0696. The number of carboxylic acid groups (broad SMARTS) is 1. The van der Waals surface area contributed by atoms with Crippen molar-refractivity contribution in [3.8, 4) is 0 Å². The molecule has 5 heteroatoms. The molecule has 1 unspecified atom stereocenters. The van der Waals surface area contributed by atoms with Crippen LogP contribution in [0.15, 0.2) is 12.4 Å². The van der Waals surface area contributed by atoms with Gasteiger partial charge in [-0.25, -0.2) is 4.79 Å². The molecule has 72 valence electrons. The van der Waals surface area contributed by atoms with Gasteiger partial charge in [0.2, 0.25) is 0 Å². The fraction of sp³-hybridized carbons (Fsp3) is 0.500. The number of hydrogen-bond donors (Lipinski definition) is 2. The van der Waals surface area contributed by atoms with Gasteiger partial charge >= 0.3 is 5.97 Å². The molecular formula is C8H12N2O3. The highest BCUT2D eigenvalue weighted by Gasteiger charge is 2.07. The summed E-state index contributed by atoms with van der Waals surface area (Å²) < 4.78 is 1.52. The molecule has 0 amide bonds. The summed E-state index contributed by atoms with van der Waals surface area (Å²) in [4.78, 5) is 10.5. The summed E-state index contributed by atoms with van der Waals surface area (Å²) in [7, 11) is 0. The predicted molar refractivity (Wildman–Crippen MR) is 45.4 cm³/mol. The lowest BCUT2D eigenvalue weighted by Gasteiger charge is -2.06. The van der Waals surface area contributed by atoms with Crippen molar-refractivity contribution >= 4 is 5.97 Å². The standard InChI is InChI=1S/C8H12N2O3/c1-6(5-11)3-10-4-7(2-9-10)8(12)13/h2,4,6,11H,3,5H2,1H3,(H,12,13). The van der Waals surface area contributed by atoms with Crippen molar-refractivity contribution in [1.82, 2.24) is 9.78 Å². The van der Waals surface area contributed by atoms with E-state index >= 15 is 0 Å². The first kappa shape index (κ1) is 9.73. The number of nitrogens with zero attached hydrogens (tertiary/aromatic N) is 2. The van der Waals surface area contributed by atoms with E-state index in [4.69, 9.17) is 10.2 Å². The van der Waals surface area contributed by atoms with Crippen molar-refractivity contribution in [2.75, 3.05) is 6.61 Å². The van der Waals surface area contributed by atoms with E-state index in [1.54, 1.807) is 0 Å². The molecule has 0 radical (unpaired) electrons. The van der Waals surface area contributed by atoms with Crippen LogP contribution >= 0.6 is 0 Å². The Labute approximate surface area is 75.6 Å². The number of carboxylic acids is 1. The first-order valence-electron chi connectivity index (χ1n) is 4.00. The van der Waals surface area contributed by atoms with E-state index in [0.717, 1.165) is 0 Å².